The van der Waals surface area contributed by atoms with E-state index in [1.165, 1.54) is 12.1 Å². The Balaban J connectivity index is 3.01. The van der Waals surface area contributed by atoms with Gasteiger partial charge in [-0.25, -0.2) is 0 Å². The Labute approximate surface area is 69.6 Å². The van der Waals surface area contributed by atoms with Crippen molar-refractivity contribution in [3.05, 3.63) is 39.9 Å². The molecular formula is C7H6NO2S. The van der Waals surface area contributed by atoms with Gasteiger partial charge in [0.15, 0.2) is 0 Å². The van der Waals surface area contributed by atoms with Crippen LogP contribution >= 0.6 is 12.6 Å². The van der Waals surface area contributed by atoms with Crippen LogP contribution in [0.5, 0.6) is 0 Å². The third kappa shape index (κ3) is 1.94. The second-order valence-electron chi connectivity index (χ2n) is 2.07. The topological polar surface area (TPSA) is 43.1 Å². The Bertz CT molecular complexity index is 275. The molecule has 0 saturated carbocycles. The molecule has 1 rings (SSSR count). The number of nitro benzene ring substituents is 1. The molecule has 0 saturated heterocycles. The minimum Gasteiger partial charge on any atom is -0.258 e. The highest BCUT2D eigenvalue weighted by molar-refractivity contribution is 7.79. The molecule has 1 aromatic carbocycles. The van der Waals surface area contributed by atoms with E-state index in [-0.39, 0.29) is 5.69 Å². The van der Waals surface area contributed by atoms with Gasteiger partial charge in [-0.1, -0.05) is 24.8 Å². The van der Waals surface area contributed by atoms with Crippen LogP contribution < -0.4 is 0 Å². The van der Waals surface area contributed by atoms with Gasteiger partial charge in [0.05, 0.1) is 4.92 Å². The predicted molar refractivity (Wildman–Crippen MR) is 44.4 cm³/mol. The summed E-state index contributed by atoms with van der Waals surface area (Å²) in [7, 11) is 0. The van der Waals surface area contributed by atoms with Gasteiger partial charge >= 0.3 is 0 Å². The van der Waals surface area contributed by atoms with Crippen LogP contribution in [0.2, 0.25) is 0 Å². The number of hydrogen-bond donors (Lipinski definition) is 0. The summed E-state index contributed by atoms with van der Waals surface area (Å²) in [4.78, 5) is 9.82. The van der Waals surface area contributed by atoms with Crippen molar-refractivity contribution in [3.8, 4) is 0 Å². The molecule has 11 heavy (non-hydrogen) atoms. The van der Waals surface area contributed by atoms with E-state index in [0.29, 0.717) is 5.75 Å². The maximum atomic E-state index is 10.2. The number of hydrogen-bond acceptors (Lipinski definition) is 2. The maximum absolute atomic E-state index is 10.2. The fraction of sp³-hybridized carbons (Fsp3) is 0.143. The summed E-state index contributed by atoms with van der Waals surface area (Å²) in [5, 5.41) is 10.2. The Morgan fingerprint density at radius 2 is 2.27 bits per heavy atom. The summed E-state index contributed by atoms with van der Waals surface area (Å²) in [5.74, 6) is 0.418. The molecule has 1 aromatic rings. The van der Waals surface area contributed by atoms with Crippen molar-refractivity contribution in [1.82, 2.24) is 0 Å². The Hall–Kier alpha value is -1.03. The molecule has 0 spiro atoms. The number of rotatable bonds is 2. The van der Waals surface area contributed by atoms with Crippen LogP contribution in [0.15, 0.2) is 24.3 Å². The van der Waals surface area contributed by atoms with Gasteiger partial charge in [-0.15, -0.1) is 0 Å². The van der Waals surface area contributed by atoms with E-state index in [9.17, 15) is 10.1 Å². The second-order valence-corrected chi connectivity index (χ2v) is 2.36. The predicted octanol–water partition coefficient (Wildman–Crippen LogP) is 2.29. The van der Waals surface area contributed by atoms with Crippen molar-refractivity contribution in [3.63, 3.8) is 0 Å². The first kappa shape index (κ1) is 8.07. The Morgan fingerprint density at radius 1 is 1.55 bits per heavy atom. The molecule has 0 aliphatic carbocycles. The number of nitro groups is 1. The monoisotopic (exact) mass is 168 g/mol. The minimum atomic E-state index is -0.422. The molecule has 0 heterocycles. The third-order valence-electron chi connectivity index (χ3n) is 1.29. The highest BCUT2D eigenvalue weighted by Crippen LogP contribution is 2.13. The molecule has 0 unspecified atom stereocenters. The molecule has 3 nitrogen and oxygen atoms in total. The van der Waals surface area contributed by atoms with Gasteiger partial charge in [0.25, 0.3) is 5.69 Å². The lowest BCUT2D eigenvalue weighted by Gasteiger charge is -1.93. The summed E-state index contributed by atoms with van der Waals surface area (Å²) in [6, 6.07) is 6.36. The molecule has 0 bridgehead atoms. The SMILES string of the molecule is O=[N+]([O-])c1cccc(C[S])c1. The van der Waals surface area contributed by atoms with Crippen LogP contribution in [-0.4, -0.2) is 4.92 Å². The van der Waals surface area contributed by atoms with Crippen LogP contribution in [0.1, 0.15) is 5.56 Å². The van der Waals surface area contributed by atoms with Crippen LogP contribution in [0.4, 0.5) is 5.69 Å². The lowest BCUT2D eigenvalue weighted by atomic mass is 10.2. The molecule has 4 heteroatoms. The second kappa shape index (κ2) is 3.39. The molecule has 0 aromatic heterocycles. The van der Waals surface area contributed by atoms with Crippen molar-refractivity contribution < 1.29 is 4.92 Å². The van der Waals surface area contributed by atoms with Gasteiger partial charge in [-0.3, -0.25) is 10.1 Å². The number of benzene rings is 1. The van der Waals surface area contributed by atoms with Gasteiger partial charge in [0.1, 0.15) is 0 Å². The fourth-order valence-electron chi connectivity index (χ4n) is 0.760. The van der Waals surface area contributed by atoms with E-state index in [4.69, 9.17) is 12.6 Å². The quantitative estimate of drug-likeness (QED) is 0.502. The average molecular weight is 168 g/mol. The van der Waals surface area contributed by atoms with Crippen molar-refractivity contribution in [1.29, 1.82) is 0 Å². The fourth-order valence-corrected chi connectivity index (χ4v) is 0.939. The first-order valence-corrected chi connectivity index (χ1v) is 3.63. The Morgan fingerprint density at radius 3 is 2.82 bits per heavy atom. The third-order valence-corrected chi connectivity index (χ3v) is 1.62. The van der Waals surface area contributed by atoms with E-state index < -0.39 is 4.92 Å². The summed E-state index contributed by atoms with van der Waals surface area (Å²) in [5.41, 5.74) is 0.918. The van der Waals surface area contributed by atoms with Gasteiger partial charge in [0.2, 0.25) is 0 Å². The standard InChI is InChI=1S/C7H6NO2S/c9-8(10)7-3-1-2-6(4-7)5-11/h1-4H,5H2. The summed E-state index contributed by atoms with van der Waals surface area (Å²) in [6.45, 7) is 0. The molecule has 0 atom stereocenters. The maximum Gasteiger partial charge on any atom is 0.269 e. The largest absolute Gasteiger partial charge is 0.269 e. The van der Waals surface area contributed by atoms with E-state index in [2.05, 4.69) is 0 Å². The van der Waals surface area contributed by atoms with E-state index >= 15 is 0 Å². The zero-order valence-electron chi connectivity index (χ0n) is 5.69. The first-order chi connectivity index (χ1) is 5.24. The smallest absolute Gasteiger partial charge is 0.258 e. The van der Waals surface area contributed by atoms with Gasteiger partial charge < -0.3 is 0 Å². The van der Waals surface area contributed by atoms with Crippen molar-refractivity contribution in [2.45, 2.75) is 5.75 Å². The van der Waals surface area contributed by atoms with E-state index in [1.807, 2.05) is 0 Å². The van der Waals surface area contributed by atoms with Crippen LogP contribution in [0, 0.1) is 10.1 Å². The van der Waals surface area contributed by atoms with E-state index in [0.717, 1.165) is 5.56 Å². The highest BCUT2D eigenvalue weighted by atomic mass is 32.1. The summed E-state index contributed by atoms with van der Waals surface area (Å²) in [6.07, 6.45) is 0. The van der Waals surface area contributed by atoms with Crippen LogP contribution in [-0.2, 0) is 5.75 Å². The van der Waals surface area contributed by atoms with Gasteiger partial charge in [0, 0.05) is 17.9 Å². The van der Waals surface area contributed by atoms with E-state index in [1.54, 1.807) is 12.1 Å². The molecule has 0 amide bonds. The van der Waals surface area contributed by atoms with Crippen LogP contribution in [0.25, 0.3) is 0 Å². The summed E-state index contributed by atoms with van der Waals surface area (Å²) < 4.78 is 0. The molecule has 0 N–H and O–H groups in total. The molecule has 0 fully saturated rings. The normalized spacial score (nSPS) is 9.55. The summed E-state index contributed by atoms with van der Waals surface area (Å²) >= 11 is 4.74. The lowest BCUT2D eigenvalue weighted by Crippen LogP contribution is -1.88. The van der Waals surface area contributed by atoms with Gasteiger partial charge in [-0.05, 0) is 5.56 Å². The molecule has 0 aliphatic rings. The number of nitrogens with zero attached hydrogens (tertiary/aromatic N) is 1. The highest BCUT2D eigenvalue weighted by Gasteiger charge is 2.03. The molecule has 57 valence electrons. The zero-order valence-corrected chi connectivity index (χ0v) is 6.50. The Kier molecular flexibility index (Phi) is 2.48. The lowest BCUT2D eigenvalue weighted by molar-refractivity contribution is -0.384. The van der Waals surface area contributed by atoms with Crippen molar-refractivity contribution in [2.75, 3.05) is 0 Å². The molecule has 0 aliphatic heterocycles. The molecular weight excluding hydrogens is 162 g/mol. The van der Waals surface area contributed by atoms with Gasteiger partial charge in [-0.2, -0.15) is 0 Å². The molecule has 1 radical (unpaired) electrons. The average Bonchev–Trinajstić information content (AvgIpc) is 2.05. The first-order valence-electron chi connectivity index (χ1n) is 3.05. The minimum absolute atomic E-state index is 0.104. The number of non-ortho nitro benzene ring substituents is 1. The van der Waals surface area contributed by atoms with Crippen molar-refractivity contribution in [2.24, 2.45) is 0 Å². The van der Waals surface area contributed by atoms with Crippen molar-refractivity contribution >= 4 is 18.3 Å². The van der Waals surface area contributed by atoms with Crippen LogP contribution in [0.3, 0.4) is 0 Å². The zero-order chi connectivity index (χ0) is 8.27.